The first kappa shape index (κ1) is 13.6. The van der Waals surface area contributed by atoms with E-state index in [-0.39, 0.29) is 16.7 Å². The van der Waals surface area contributed by atoms with Crippen LogP contribution >= 0.6 is 0 Å². The number of hydrogen-bond donors (Lipinski definition) is 1. The van der Waals surface area contributed by atoms with Crippen LogP contribution in [0.3, 0.4) is 0 Å². The van der Waals surface area contributed by atoms with E-state index < -0.39 is 0 Å². The van der Waals surface area contributed by atoms with Gasteiger partial charge in [-0.1, -0.05) is 0 Å². The highest BCUT2D eigenvalue weighted by Crippen LogP contribution is 2.35. The van der Waals surface area contributed by atoms with Crippen molar-refractivity contribution in [1.29, 1.82) is 0 Å². The Hall–Kier alpha value is -1.82. The fourth-order valence-electron chi connectivity index (χ4n) is 2.58. The van der Waals surface area contributed by atoms with Gasteiger partial charge in [0.15, 0.2) is 0 Å². The Morgan fingerprint density at radius 1 is 1.53 bits per heavy atom. The maximum atomic E-state index is 11.2. The Balaban J connectivity index is 2.42. The first-order chi connectivity index (χ1) is 9.17. The molecule has 1 aromatic carbocycles. The number of nitrogens with two attached hydrogens (primary N) is 1. The molecule has 1 aromatic rings. The number of ether oxygens (including phenoxy) is 1. The van der Waals surface area contributed by atoms with Gasteiger partial charge in [-0.15, -0.1) is 0 Å². The largest absolute Gasteiger partial charge is 0.497 e. The summed E-state index contributed by atoms with van der Waals surface area (Å²) in [6.45, 7) is 1.31. The number of piperidine rings is 1. The third-order valence-electron chi connectivity index (χ3n) is 3.59. The molecule has 1 fully saturated rings. The van der Waals surface area contributed by atoms with Crippen molar-refractivity contribution >= 4 is 11.4 Å². The van der Waals surface area contributed by atoms with Gasteiger partial charge in [0, 0.05) is 31.3 Å². The molecule has 1 heterocycles. The Bertz CT molecular complexity index is 464. The molecule has 104 valence electrons. The van der Waals surface area contributed by atoms with Crippen molar-refractivity contribution in [2.45, 2.75) is 25.3 Å². The predicted octanol–water partition coefficient (Wildman–Crippen LogP) is 1.92. The van der Waals surface area contributed by atoms with Crippen molar-refractivity contribution in [2.24, 2.45) is 5.73 Å². The molecule has 1 aliphatic heterocycles. The van der Waals surface area contributed by atoms with E-state index in [9.17, 15) is 10.1 Å². The smallest absolute Gasteiger partial charge is 0.292 e. The van der Waals surface area contributed by atoms with Crippen LogP contribution in [0.25, 0.3) is 0 Å². The minimum Gasteiger partial charge on any atom is -0.497 e. The fourth-order valence-corrected chi connectivity index (χ4v) is 2.58. The van der Waals surface area contributed by atoms with Crippen LogP contribution in [0, 0.1) is 10.1 Å². The summed E-state index contributed by atoms with van der Waals surface area (Å²) in [6.07, 6.45) is 3.13. The van der Waals surface area contributed by atoms with E-state index in [0.717, 1.165) is 25.8 Å². The molecule has 1 atom stereocenters. The summed E-state index contributed by atoms with van der Waals surface area (Å²) in [4.78, 5) is 12.9. The summed E-state index contributed by atoms with van der Waals surface area (Å²) in [5.74, 6) is 0.627. The van der Waals surface area contributed by atoms with Gasteiger partial charge >= 0.3 is 0 Å². The molecular weight excluding hydrogens is 246 g/mol. The molecule has 0 bridgehead atoms. The van der Waals surface area contributed by atoms with Gasteiger partial charge in [-0.2, -0.15) is 0 Å². The fraction of sp³-hybridized carbons (Fsp3) is 0.538. The van der Waals surface area contributed by atoms with Crippen LogP contribution < -0.4 is 15.4 Å². The second kappa shape index (κ2) is 5.88. The van der Waals surface area contributed by atoms with E-state index in [1.54, 1.807) is 19.2 Å². The normalized spacial score (nSPS) is 19.3. The van der Waals surface area contributed by atoms with E-state index in [1.165, 1.54) is 6.07 Å². The molecule has 2 N–H and O–H groups in total. The molecule has 1 unspecified atom stereocenters. The number of hydrogen-bond acceptors (Lipinski definition) is 5. The van der Waals surface area contributed by atoms with Gasteiger partial charge in [0.2, 0.25) is 0 Å². The van der Waals surface area contributed by atoms with Gasteiger partial charge in [0.25, 0.3) is 5.69 Å². The van der Waals surface area contributed by atoms with E-state index in [4.69, 9.17) is 10.5 Å². The lowest BCUT2D eigenvalue weighted by atomic mass is 10.0. The first-order valence-electron chi connectivity index (χ1n) is 6.46. The monoisotopic (exact) mass is 265 g/mol. The van der Waals surface area contributed by atoms with Crippen LogP contribution in [0.5, 0.6) is 5.75 Å². The lowest BCUT2D eigenvalue weighted by Crippen LogP contribution is -2.44. The first-order valence-corrected chi connectivity index (χ1v) is 6.46. The third-order valence-corrected chi connectivity index (χ3v) is 3.59. The van der Waals surface area contributed by atoms with Gasteiger partial charge in [-0.05, 0) is 25.3 Å². The lowest BCUT2D eigenvalue weighted by Gasteiger charge is -2.36. The van der Waals surface area contributed by atoms with E-state index in [0.29, 0.717) is 18.0 Å². The van der Waals surface area contributed by atoms with Crippen LogP contribution in [0.2, 0.25) is 0 Å². The van der Waals surface area contributed by atoms with Crippen molar-refractivity contribution < 1.29 is 9.66 Å². The predicted molar refractivity (Wildman–Crippen MR) is 73.7 cm³/mol. The van der Waals surface area contributed by atoms with Gasteiger partial charge in [0.1, 0.15) is 11.4 Å². The molecule has 0 spiro atoms. The maximum absolute atomic E-state index is 11.2. The number of benzene rings is 1. The molecule has 0 saturated carbocycles. The van der Waals surface area contributed by atoms with Gasteiger partial charge in [-0.25, -0.2) is 0 Å². The zero-order chi connectivity index (χ0) is 13.8. The average Bonchev–Trinajstić information content (AvgIpc) is 2.46. The molecule has 0 aliphatic carbocycles. The Kier molecular flexibility index (Phi) is 4.21. The lowest BCUT2D eigenvalue weighted by molar-refractivity contribution is -0.384. The number of nitro benzene ring substituents is 1. The van der Waals surface area contributed by atoms with Crippen molar-refractivity contribution in [1.82, 2.24) is 0 Å². The van der Waals surface area contributed by atoms with Crippen molar-refractivity contribution in [3.8, 4) is 5.75 Å². The Morgan fingerprint density at radius 3 is 2.95 bits per heavy atom. The standard InChI is InChI=1S/C13H19N3O3/c1-19-11-5-6-12(16(17)18)13(8-11)15-7-3-2-4-10(15)9-14/h5-6,8,10H,2-4,7,9,14H2,1H3. The highest BCUT2D eigenvalue weighted by Gasteiger charge is 2.27. The second-order valence-electron chi connectivity index (χ2n) is 4.69. The third kappa shape index (κ3) is 2.78. The number of rotatable bonds is 4. The van der Waals surface area contributed by atoms with Gasteiger partial charge < -0.3 is 15.4 Å². The molecule has 1 aliphatic rings. The molecule has 19 heavy (non-hydrogen) atoms. The molecule has 0 aromatic heterocycles. The molecule has 6 heteroatoms. The van der Waals surface area contributed by atoms with E-state index >= 15 is 0 Å². The Morgan fingerprint density at radius 2 is 2.32 bits per heavy atom. The van der Waals surface area contributed by atoms with Crippen LogP contribution in [0.1, 0.15) is 19.3 Å². The maximum Gasteiger partial charge on any atom is 0.292 e. The molecule has 0 radical (unpaired) electrons. The molecule has 1 saturated heterocycles. The molecular formula is C13H19N3O3. The topological polar surface area (TPSA) is 81.6 Å². The number of nitro groups is 1. The molecule has 2 rings (SSSR count). The van der Waals surface area contributed by atoms with Crippen LogP contribution in [-0.4, -0.2) is 31.2 Å². The zero-order valence-corrected chi connectivity index (χ0v) is 11.0. The number of methoxy groups -OCH3 is 1. The number of nitrogens with zero attached hydrogens (tertiary/aromatic N) is 2. The van der Waals surface area contributed by atoms with Crippen molar-refractivity contribution in [2.75, 3.05) is 25.1 Å². The van der Waals surface area contributed by atoms with E-state index in [1.807, 2.05) is 4.90 Å². The summed E-state index contributed by atoms with van der Waals surface area (Å²) >= 11 is 0. The van der Waals surface area contributed by atoms with Gasteiger partial charge in [-0.3, -0.25) is 10.1 Å². The Labute approximate surface area is 112 Å². The second-order valence-corrected chi connectivity index (χ2v) is 4.69. The highest BCUT2D eigenvalue weighted by atomic mass is 16.6. The van der Waals surface area contributed by atoms with Crippen molar-refractivity contribution in [3.63, 3.8) is 0 Å². The average molecular weight is 265 g/mol. The zero-order valence-electron chi connectivity index (χ0n) is 11.0. The highest BCUT2D eigenvalue weighted by molar-refractivity contribution is 5.66. The summed E-state index contributed by atoms with van der Waals surface area (Å²) in [5.41, 5.74) is 6.51. The van der Waals surface area contributed by atoms with Crippen LogP contribution in [0.15, 0.2) is 18.2 Å². The van der Waals surface area contributed by atoms with Crippen LogP contribution in [-0.2, 0) is 0 Å². The van der Waals surface area contributed by atoms with Crippen molar-refractivity contribution in [3.05, 3.63) is 28.3 Å². The quantitative estimate of drug-likeness (QED) is 0.664. The summed E-state index contributed by atoms with van der Waals surface area (Å²) in [5, 5.41) is 11.2. The minimum atomic E-state index is -0.350. The SMILES string of the molecule is COc1ccc([N+](=O)[O-])c(N2CCCCC2CN)c1. The molecule has 0 amide bonds. The van der Waals surface area contributed by atoms with Gasteiger partial charge in [0.05, 0.1) is 12.0 Å². The molecule has 6 nitrogen and oxygen atoms in total. The van der Waals surface area contributed by atoms with Crippen LogP contribution in [0.4, 0.5) is 11.4 Å². The number of anilines is 1. The summed E-state index contributed by atoms with van der Waals surface area (Å²) in [6, 6.07) is 5.01. The summed E-state index contributed by atoms with van der Waals surface area (Å²) < 4.78 is 5.17. The van der Waals surface area contributed by atoms with E-state index in [2.05, 4.69) is 0 Å². The summed E-state index contributed by atoms with van der Waals surface area (Å²) in [7, 11) is 1.56. The minimum absolute atomic E-state index is 0.112.